The summed E-state index contributed by atoms with van der Waals surface area (Å²) in [6.07, 6.45) is 1.48. The number of rotatable bonds is 5. The van der Waals surface area contributed by atoms with E-state index in [2.05, 4.69) is 38.4 Å². The first-order valence-electron chi connectivity index (χ1n) is 8.56. The van der Waals surface area contributed by atoms with Gasteiger partial charge in [-0.25, -0.2) is 8.42 Å². The maximum Gasteiger partial charge on any atom is 0.187 e. The molecule has 0 unspecified atom stereocenters. The van der Waals surface area contributed by atoms with Gasteiger partial charge in [-0.2, -0.15) is 4.37 Å². The highest BCUT2D eigenvalue weighted by Gasteiger charge is 2.41. The van der Waals surface area contributed by atoms with Crippen molar-refractivity contribution in [3.63, 3.8) is 0 Å². The van der Waals surface area contributed by atoms with E-state index in [-0.39, 0.29) is 16.0 Å². The third kappa shape index (κ3) is 3.38. The Morgan fingerprint density at radius 2 is 1.80 bits per heavy atom. The van der Waals surface area contributed by atoms with Gasteiger partial charge in [0.25, 0.3) is 0 Å². The lowest BCUT2D eigenvalue weighted by molar-refractivity contribution is 0.250. The molecule has 0 atom stereocenters. The first-order chi connectivity index (χ1) is 12.1. The maximum atomic E-state index is 12.7. The normalized spacial score (nSPS) is 19.3. The Balaban J connectivity index is 1.47. The van der Waals surface area contributed by atoms with Crippen LogP contribution >= 0.6 is 11.5 Å². The Morgan fingerprint density at radius 3 is 2.44 bits per heavy atom. The van der Waals surface area contributed by atoms with Gasteiger partial charge in [-0.05, 0) is 29.9 Å². The summed E-state index contributed by atoms with van der Waals surface area (Å²) in [6, 6.07) is 10.4. The molecule has 134 valence electrons. The predicted molar refractivity (Wildman–Crippen MR) is 101 cm³/mol. The molecule has 0 radical (unpaired) electrons. The van der Waals surface area contributed by atoms with E-state index in [0.29, 0.717) is 0 Å². The number of nitrogens with two attached hydrogens (primary N) is 1. The van der Waals surface area contributed by atoms with Crippen LogP contribution < -0.4 is 10.6 Å². The van der Waals surface area contributed by atoms with Gasteiger partial charge in [-0.3, -0.25) is 4.90 Å². The monoisotopic (exact) mass is 378 g/mol. The molecular weight excluding hydrogens is 356 g/mol. The van der Waals surface area contributed by atoms with E-state index in [0.717, 1.165) is 50.6 Å². The minimum absolute atomic E-state index is 0.165. The Morgan fingerprint density at radius 1 is 1.12 bits per heavy atom. The van der Waals surface area contributed by atoms with E-state index in [9.17, 15) is 8.42 Å². The van der Waals surface area contributed by atoms with Gasteiger partial charge in [0.15, 0.2) is 15.7 Å². The Kier molecular flexibility index (Phi) is 4.43. The number of nitrogen functional groups attached to an aromatic ring is 1. The molecule has 0 spiro atoms. The quantitative estimate of drug-likeness (QED) is 0.857. The number of aromatic nitrogens is 1. The fourth-order valence-electron chi connectivity index (χ4n) is 3.25. The largest absolute Gasteiger partial charge is 0.382 e. The fourth-order valence-corrected chi connectivity index (χ4v) is 6.33. The summed E-state index contributed by atoms with van der Waals surface area (Å²) in [6.45, 7) is 4.31. The number of benzene rings is 1. The molecule has 8 heteroatoms. The fraction of sp³-hybridized carbons (Fsp3) is 0.471. The molecule has 1 saturated carbocycles. The van der Waals surface area contributed by atoms with Gasteiger partial charge in [-0.15, -0.1) is 0 Å². The van der Waals surface area contributed by atoms with Crippen LogP contribution in [0.25, 0.3) is 0 Å². The predicted octanol–water partition coefficient (Wildman–Crippen LogP) is 1.98. The molecule has 1 aliphatic heterocycles. The summed E-state index contributed by atoms with van der Waals surface area (Å²) in [5.74, 6) is 0.165. The number of hydrogen-bond donors (Lipinski definition) is 1. The smallest absolute Gasteiger partial charge is 0.187 e. The molecule has 1 aliphatic carbocycles. The SMILES string of the molecule is Nc1nsc(N2CCN(Cc3ccccc3)CC2)c1S(=O)(=O)C1CC1. The van der Waals surface area contributed by atoms with Crippen LogP contribution in [-0.4, -0.2) is 49.1 Å². The third-order valence-corrected chi connectivity index (χ3v) is 8.19. The van der Waals surface area contributed by atoms with E-state index in [1.807, 2.05) is 6.07 Å². The number of piperazine rings is 1. The molecule has 0 bridgehead atoms. The first-order valence-corrected chi connectivity index (χ1v) is 10.9. The molecular formula is C17H22N4O2S2. The highest BCUT2D eigenvalue weighted by atomic mass is 32.2. The van der Waals surface area contributed by atoms with Crippen molar-refractivity contribution in [2.75, 3.05) is 36.8 Å². The van der Waals surface area contributed by atoms with Gasteiger partial charge in [0, 0.05) is 32.7 Å². The van der Waals surface area contributed by atoms with Crippen molar-refractivity contribution in [2.45, 2.75) is 29.5 Å². The topological polar surface area (TPSA) is 79.5 Å². The molecule has 2 fully saturated rings. The number of hydrogen-bond acceptors (Lipinski definition) is 7. The highest BCUT2D eigenvalue weighted by Crippen LogP contribution is 2.42. The Hall–Kier alpha value is -1.64. The van der Waals surface area contributed by atoms with Crippen molar-refractivity contribution in [3.8, 4) is 0 Å². The molecule has 1 saturated heterocycles. The van der Waals surface area contributed by atoms with E-state index in [1.54, 1.807) is 0 Å². The summed E-state index contributed by atoms with van der Waals surface area (Å²) < 4.78 is 29.5. The summed E-state index contributed by atoms with van der Waals surface area (Å²) in [4.78, 5) is 4.80. The molecule has 1 aromatic carbocycles. The molecule has 2 N–H and O–H groups in total. The average molecular weight is 379 g/mol. The second-order valence-electron chi connectivity index (χ2n) is 6.70. The zero-order valence-electron chi connectivity index (χ0n) is 14.0. The molecule has 2 heterocycles. The zero-order chi connectivity index (χ0) is 17.4. The van der Waals surface area contributed by atoms with Crippen molar-refractivity contribution in [3.05, 3.63) is 35.9 Å². The third-order valence-electron chi connectivity index (χ3n) is 4.81. The van der Waals surface area contributed by atoms with Crippen molar-refractivity contribution in [1.82, 2.24) is 9.27 Å². The van der Waals surface area contributed by atoms with Crippen molar-refractivity contribution in [2.24, 2.45) is 0 Å². The minimum atomic E-state index is -3.33. The molecule has 0 amide bonds. The van der Waals surface area contributed by atoms with Crippen LogP contribution in [0.4, 0.5) is 10.8 Å². The van der Waals surface area contributed by atoms with Gasteiger partial charge < -0.3 is 10.6 Å². The molecule has 6 nitrogen and oxygen atoms in total. The first kappa shape index (κ1) is 16.8. The lowest BCUT2D eigenvalue weighted by atomic mass is 10.2. The van der Waals surface area contributed by atoms with Gasteiger partial charge in [0.05, 0.1) is 5.25 Å². The van der Waals surface area contributed by atoms with Gasteiger partial charge in [0.2, 0.25) is 0 Å². The van der Waals surface area contributed by atoms with Crippen LogP contribution in [0.2, 0.25) is 0 Å². The van der Waals surface area contributed by atoms with E-state index >= 15 is 0 Å². The van der Waals surface area contributed by atoms with Crippen molar-refractivity contribution < 1.29 is 8.42 Å². The van der Waals surface area contributed by atoms with Crippen LogP contribution in [0.15, 0.2) is 35.2 Å². The molecule has 2 aliphatic rings. The van der Waals surface area contributed by atoms with Crippen LogP contribution in [0.5, 0.6) is 0 Å². The summed E-state index contributed by atoms with van der Waals surface area (Å²) in [7, 11) is -3.33. The van der Waals surface area contributed by atoms with E-state index in [1.165, 1.54) is 17.1 Å². The second-order valence-corrected chi connectivity index (χ2v) is 9.61. The van der Waals surface area contributed by atoms with Crippen LogP contribution in [-0.2, 0) is 16.4 Å². The van der Waals surface area contributed by atoms with Crippen LogP contribution in [0.1, 0.15) is 18.4 Å². The number of anilines is 2. The minimum Gasteiger partial charge on any atom is -0.382 e. The molecule has 1 aromatic heterocycles. The lowest BCUT2D eigenvalue weighted by Crippen LogP contribution is -2.46. The summed E-state index contributed by atoms with van der Waals surface area (Å²) >= 11 is 1.21. The standard InChI is InChI=1S/C17H22N4O2S2/c18-16-15(25(22,23)14-6-7-14)17(24-19-16)21-10-8-20(9-11-21)12-13-4-2-1-3-5-13/h1-5,14H,6-12H2,(H2,18,19). The van der Waals surface area contributed by atoms with Crippen LogP contribution in [0.3, 0.4) is 0 Å². The summed E-state index contributed by atoms with van der Waals surface area (Å²) in [5.41, 5.74) is 7.21. The Bertz CT molecular complexity index is 839. The lowest BCUT2D eigenvalue weighted by Gasteiger charge is -2.35. The van der Waals surface area contributed by atoms with Crippen molar-refractivity contribution >= 4 is 32.2 Å². The van der Waals surface area contributed by atoms with E-state index in [4.69, 9.17) is 5.73 Å². The maximum absolute atomic E-state index is 12.7. The van der Waals surface area contributed by atoms with Gasteiger partial charge >= 0.3 is 0 Å². The van der Waals surface area contributed by atoms with Gasteiger partial charge in [-0.1, -0.05) is 30.3 Å². The van der Waals surface area contributed by atoms with Crippen molar-refractivity contribution in [1.29, 1.82) is 0 Å². The molecule has 25 heavy (non-hydrogen) atoms. The number of nitrogens with zero attached hydrogens (tertiary/aromatic N) is 3. The zero-order valence-corrected chi connectivity index (χ0v) is 15.6. The average Bonchev–Trinajstić information content (AvgIpc) is 3.40. The van der Waals surface area contributed by atoms with E-state index < -0.39 is 9.84 Å². The number of sulfone groups is 1. The Labute approximate surface area is 152 Å². The highest BCUT2D eigenvalue weighted by molar-refractivity contribution is 7.92. The second kappa shape index (κ2) is 6.59. The molecule has 2 aromatic rings. The van der Waals surface area contributed by atoms with Crippen LogP contribution in [0, 0.1) is 0 Å². The van der Waals surface area contributed by atoms with Gasteiger partial charge in [0.1, 0.15) is 9.90 Å². The summed E-state index contributed by atoms with van der Waals surface area (Å²) in [5, 5.41) is 0.466. The molecule has 4 rings (SSSR count).